The molecule has 1 heterocycles. The number of ether oxygens (including phenoxy) is 1. The highest BCUT2D eigenvalue weighted by atomic mass is 79.9. The van der Waals surface area contributed by atoms with E-state index >= 15 is 0 Å². The van der Waals surface area contributed by atoms with Crippen molar-refractivity contribution < 1.29 is 9.53 Å². The monoisotopic (exact) mass is 416 g/mol. The van der Waals surface area contributed by atoms with Gasteiger partial charge in [0.1, 0.15) is 0 Å². The van der Waals surface area contributed by atoms with Crippen LogP contribution in [0, 0.1) is 0 Å². The van der Waals surface area contributed by atoms with E-state index in [1.165, 1.54) is 0 Å². The van der Waals surface area contributed by atoms with Gasteiger partial charge < -0.3 is 15.4 Å². The fourth-order valence-electron chi connectivity index (χ4n) is 2.77. The summed E-state index contributed by atoms with van der Waals surface area (Å²) in [6.07, 6.45) is 0. The van der Waals surface area contributed by atoms with E-state index in [1.807, 2.05) is 54.6 Å². The van der Waals surface area contributed by atoms with Gasteiger partial charge in [-0.15, -0.1) is 0 Å². The van der Waals surface area contributed by atoms with Crippen molar-refractivity contribution in [3.63, 3.8) is 0 Å². The molecule has 2 aromatic rings. The van der Waals surface area contributed by atoms with Gasteiger partial charge in [-0.3, -0.25) is 0 Å². The number of carbonyl (C=O) groups is 1. The maximum Gasteiger partial charge on any atom is 0.338 e. The van der Waals surface area contributed by atoms with Crippen LogP contribution in [0.5, 0.6) is 0 Å². The van der Waals surface area contributed by atoms with Crippen LogP contribution >= 0.6 is 28.1 Å². The van der Waals surface area contributed by atoms with Crippen LogP contribution in [-0.2, 0) is 9.53 Å². The van der Waals surface area contributed by atoms with Crippen LogP contribution in [-0.4, -0.2) is 17.7 Å². The number of thiocarbonyl (C=S) groups is 1. The second-order valence-corrected chi connectivity index (χ2v) is 6.69. The molecule has 0 aliphatic carbocycles. The molecule has 1 atom stereocenters. The van der Waals surface area contributed by atoms with Crippen molar-refractivity contribution in [2.45, 2.75) is 13.0 Å². The molecule has 0 radical (unpaired) electrons. The zero-order chi connectivity index (χ0) is 17.8. The van der Waals surface area contributed by atoms with E-state index in [9.17, 15) is 4.79 Å². The molecule has 0 aromatic heterocycles. The summed E-state index contributed by atoms with van der Waals surface area (Å²) < 4.78 is 6.22. The Kier molecular flexibility index (Phi) is 5.50. The summed E-state index contributed by atoms with van der Waals surface area (Å²) in [6, 6.07) is 17.0. The van der Waals surface area contributed by atoms with Gasteiger partial charge >= 0.3 is 5.97 Å². The first-order chi connectivity index (χ1) is 12.1. The molecular weight excluding hydrogens is 400 g/mol. The molecule has 1 aliphatic rings. The molecule has 6 heteroatoms. The van der Waals surface area contributed by atoms with Crippen molar-refractivity contribution in [1.29, 1.82) is 0 Å². The highest BCUT2D eigenvalue weighted by Gasteiger charge is 2.33. The van der Waals surface area contributed by atoms with Crippen molar-refractivity contribution in [1.82, 2.24) is 10.6 Å². The smallest absolute Gasteiger partial charge is 0.338 e. The third kappa shape index (κ3) is 3.75. The zero-order valence-electron chi connectivity index (χ0n) is 13.6. The van der Waals surface area contributed by atoms with Crippen LogP contribution in [0.4, 0.5) is 0 Å². The van der Waals surface area contributed by atoms with E-state index in [0.29, 0.717) is 23.0 Å². The van der Waals surface area contributed by atoms with E-state index in [4.69, 9.17) is 17.0 Å². The van der Waals surface area contributed by atoms with Crippen LogP contribution in [0.1, 0.15) is 24.1 Å². The molecule has 1 aliphatic heterocycles. The SMILES string of the molecule is CCOC(=O)C1=C(c2ccccc2)NC(=S)N[C@@H]1c1ccccc1Br. The number of carbonyl (C=O) groups excluding carboxylic acids is 1. The summed E-state index contributed by atoms with van der Waals surface area (Å²) in [5.41, 5.74) is 2.98. The van der Waals surface area contributed by atoms with Crippen LogP contribution in [0.15, 0.2) is 64.6 Å². The number of halogens is 1. The van der Waals surface area contributed by atoms with Crippen LogP contribution in [0.3, 0.4) is 0 Å². The Morgan fingerprint density at radius 3 is 2.52 bits per heavy atom. The predicted molar refractivity (Wildman–Crippen MR) is 106 cm³/mol. The number of nitrogens with one attached hydrogen (secondary N) is 2. The Bertz CT molecular complexity index is 836. The summed E-state index contributed by atoms with van der Waals surface area (Å²) in [4.78, 5) is 12.8. The maximum atomic E-state index is 12.8. The summed E-state index contributed by atoms with van der Waals surface area (Å²) >= 11 is 8.95. The number of hydrogen-bond acceptors (Lipinski definition) is 3. The van der Waals surface area contributed by atoms with E-state index in [1.54, 1.807) is 6.92 Å². The molecule has 25 heavy (non-hydrogen) atoms. The molecule has 0 saturated heterocycles. The van der Waals surface area contributed by atoms with Crippen LogP contribution in [0.25, 0.3) is 5.70 Å². The summed E-state index contributed by atoms with van der Waals surface area (Å²) in [6.45, 7) is 2.10. The van der Waals surface area contributed by atoms with Gasteiger partial charge in [-0.1, -0.05) is 64.5 Å². The molecular formula is C19H17BrN2O2S. The van der Waals surface area contributed by atoms with E-state index in [2.05, 4.69) is 26.6 Å². The quantitative estimate of drug-likeness (QED) is 0.583. The van der Waals surface area contributed by atoms with Gasteiger partial charge in [0, 0.05) is 4.47 Å². The van der Waals surface area contributed by atoms with Crippen molar-refractivity contribution in [2.24, 2.45) is 0 Å². The highest BCUT2D eigenvalue weighted by Crippen LogP contribution is 2.35. The van der Waals surface area contributed by atoms with Crippen molar-refractivity contribution in [3.05, 3.63) is 75.8 Å². The molecule has 0 bridgehead atoms. The standard InChI is InChI=1S/C19H17BrN2O2S/c1-2-24-18(23)15-16(12-8-4-3-5-9-12)21-19(25)22-17(15)13-10-6-7-11-14(13)20/h3-11,17H,2H2,1H3,(H2,21,22,25)/t17-/m1/s1. The lowest BCUT2D eigenvalue weighted by atomic mass is 9.93. The fraction of sp³-hybridized carbons (Fsp3) is 0.158. The van der Waals surface area contributed by atoms with Crippen molar-refractivity contribution in [3.8, 4) is 0 Å². The Balaban J connectivity index is 2.20. The summed E-state index contributed by atoms with van der Waals surface area (Å²) in [7, 11) is 0. The van der Waals surface area contributed by atoms with E-state index in [0.717, 1.165) is 15.6 Å². The van der Waals surface area contributed by atoms with Gasteiger partial charge in [-0.25, -0.2) is 4.79 Å². The zero-order valence-corrected chi connectivity index (χ0v) is 16.0. The van der Waals surface area contributed by atoms with Gasteiger partial charge in [0.05, 0.1) is 23.9 Å². The second-order valence-electron chi connectivity index (χ2n) is 5.43. The molecule has 3 rings (SSSR count). The summed E-state index contributed by atoms with van der Waals surface area (Å²) in [5.74, 6) is -0.371. The Morgan fingerprint density at radius 1 is 1.16 bits per heavy atom. The molecule has 0 amide bonds. The van der Waals surface area contributed by atoms with Gasteiger partial charge in [-0.05, 0) is 36.3 Å². The van der Waals surface area contributed by atoms with Gasteiger partial charge in [-0.2, -0.15) is 0 Å². The minimum atomic E-state index is -0.404. The lowest BCUT2D eigenvalue weighted by molar-refractivity contribution is -0.138. The number of rotatable bonds is 4. The second kappa shape index (κ2) is 7.80. The third-order valence-corrected chi connectivity index (χ3v) is 4.79. The molecule has 0 fully saturated rings. The molecule has 0 spiro atoms. The molecule has 2 aromatic carbocycles. The number of hydrogen-bond donors (Lipinski definition) is 2. The Labute approximate surface area is 160 Å². The molecule has 2 N–H and O–H groups in total. The lowest BCUT2D eigenvalue weighted by Gasteiger charge is -2.31. The van der Waals surface area contributed by atoms with Gasteiger partial charge in [0.2, 0.25) is 0 Å². The minimum Gasteiger partial charge on any atom is -0.463 e. The molecule has 4 nitrogen and oxygen atoms in total. The maximum absolute atomic E-state index is 12.8. The average molecular weight is 417 g/mol. The van der Waals surface area contributed by atoms with E-state index in [-0.39, 0.29) is 5.97 Å². The van der Waals surface area contributed by atoms with Crippen LogP contribution < -0.4 is 10.6 Å². The predicted octanol–water partition coefficient (Wildman–Crippen LogP) is 3.94. The number of esters is 1. The summed E-state index contributed by atoms with van der Waals surface area (Å²) in [5, 5.41) is 6.78. The first-order valence-electron chi connectivity index (χ1n) is 7.90. The fourth-order valence-corrected chi connectivity index (χ4v) is 3.50. The Morgan fingerprint density at radius 2 is 1.84 bits per heavy atom. The lowest BCUT2D eigenvalue weighted by Crippen LogP contribution is -2.45. The molecule has 0 saturated carbocycles. The third-order valence-electron chi connectivity index (χ3n) is 3.85. The van der Waals surface area contributed by atoms with Gasteiger partial charge in [0.25, 0.3) is 0 Å². The van der Waals surface area contributed by atoms with Crippen LogP contribution in [0.2, 0.25) is 0 Å². The number of benzene rings is 2. The average Bonchev–Trinajstić information content (AvgIpc) is 2.62. The Hall–Kier alpha value is -2.18. The van der Waals surface area contributed by atoms with Crippen molar-refractivity contribution >= 4 is 44.9 Å². The topological polar surface area (TPSA) is 50.4 Å². The normalized spacial score (nSPS) is 16.9. The molecule has 128 valence electrons. The largest absolute Gasteiger partial charge is 0.463 e. The first-order valence-corrected chi connectivity index (χ1v) is 9.10. The van der Waals surface area contributed by atoms with Gasteiger partial charge in [0.15, 0.2) is 5.11 Å². The van der Waals surface area contributed by atoms with E-state index < -0.39 is 6.04 Å². The van der Waals surface area contributed by atoms with Crippen molar-refractivity contribution in [2.75, 3.05) is 6.61 Å². The first kappa shape index (κ1) is 17.6. The molecule has 0 unspecified atom stereocenters. The minimum absolute atomic E-state index is 0.303. The highest BCUT2D eigenvalue weighted by molar-refractivity contribution is 9.10.